The van der Waals surface area contributed by atoms with E-state index in [1.807, 2.05) is 0 Å². The number of aldehydes is 1. The fourth-order valence-electron chi connectivity index (χ4n) is 2.20. The Morgan fingerprint density at radius 1 is 1.29 bits per heavy atom. The van der Waals surface area contributed by atoms with E-state index < -0.39 is 19.0 Å². The van der Waals surface area contributed by atoms with Crippen LogP contribution in [0.4, 0.5) is 15.3 Å². The first-order chi connectivity index (χ1) is 11.5. The molecule has 1 aromatic carbocycles. The van der Waals surface area contributed by atoms with E-state index in [0.29, 0.717) is 19.4 Å². The van der Waals surface area contributed by atoms with E-state index in [9.17, 15) is 14.4 Å². The molecule has 1 heterocycles. The highest BCUT2D eigenvalue weighted by Crippen LogP contribution is 2.30. The van der Waals surface area contributed by atoms with Crippen molar-refractivity contribution in [1.82, 2.24) is 4.90 Å². The number of anilines is 1. The van der Waals surface area contributed by atoms with Gasteiger partial charge >= 0.3 is 12.2 Å². The fourth-order valence-corrected chi connectivity index (χ4v) is 2.42. The molecule has 2 amide bonds. The predicted octanol–water partition coefficient (Wildman–Crippen LogP) is 2.90. The summed E-state index contributed by atoms with van der Waals surface area (Å²) in [7, 11) is 1.39. The zero-order valence-electron chi connectivity index (χ0n) is 13.0. The molecule has 0 atom stereocenters. The van der Waals surface area contributed by atoms with Crippen LogP contribution in [0.5, 0.6) is 5.75 Å². The van der Waals surface area contributed by atoms with E-state index in [-0.39, 0.29) is 22.0 Å². The number of rotatable bonds is 5. The molecule has 1 saturated heterocycles. The van der Waals surface area contributed by atoms with Crippen molar-refractivity contribution in [2.24, 2.45) is 0 Å². The lowest BCUT2D eigenvalue weighted by atomic mass is 10.2. The fraction of sp³-hybridized carbons (Fsp3) is 0.400. The number of benzene rings is 1. The van der Waals surface area contributed by atoms with Crippen LogP contribution in [0.3, 0.4) is 0 Å². The molecule has 0 aromatic heterocycles. The van der Waals surface area contributed by atoms with Crippen molar-refractivity contribution in [2.45, 2.75) is 12.8 Å². The number of nitrogens with one attached hydrogen (secondary N) is 1. The van der Waals surface area contributed by atoms with Gasteiger partial charge < -0.3 is 19.1 Å². The van der Waals surface area contributed by atoms with Crippen LogP contribution < -0.4 is 10.1 Å². The Bertz CT molecular complexity index is 631. The molecule has 130 valence electrons. The van der Waals surface area contributed by atoms with Gasteiger partial charge in [-0.25, -0.2) is 9.59 Å². The zero-order chi connectivity index (χ0) is 17.5. The van der Waals surface area contributed by atoms with Crippen molar-refractivity contribution in [1.29, 1.82) is 0 Å². The number of carbonyl (C=O) groups is 3. The Labute approximate surface area is 143 Å². The molecule has 24 heavy (non-hydrogen) atoms. The first-order valence-corrected chi connectivity index (χ1v) is 7.61. The summed E-state index contributed by atoms with van der Waals surface area (Å²) in [6.07, 6.45) is 1.09. The molecule has 0 aliphatic carbocycles. The van der Waals surface area contributed by atoms with Gasteiger partial charge in [-0.15, -0.1) is 0 Å². The lowest BCUT2D eigenvalue weighted by Crippen LogP contribution is -2.29. The SMILES string of the molecule is COc1cc(NC(=O)OCOC(=O)N2CCCC2)c(Cl)cc1C=O. The summed E-state index contributed by atoms with van der Waals surface area (Å²) in [5, 5.41) is 2.53. The smallest absolute Gasteiger partial charge is 0.414 e. The number of methoxy groups -OCH3 is 1. The maximum atomic E-state index is 11.7. The number of nitrogens with zero attached hydrogens (tertiary/aromatic N) is 1. The Morgan fingerprint density at radius 2 is 2.00 bits per heavy atom. The topological polar surface area (TPSA) is 94.2 Å². The van der Waals surface area contributed by atoms with E-state index in [2.05, 4.69) is 5.32 Å². The molecule has 9 heteroatoms. The zero-order valence-corrected chi connectivity index (χ0v) is 13.8. The summed E-state index contributed by atoms with van der Waals surface area (Å²) in [4.78, 5) is 35.8. The van der Waals surface area contributed by atoms with Gasteiger partial charge in [-0.2, -0.15) is 0 Å². The molecule has 2 rings (SSSR count). The molecule has 0 bridgehead atoms. The van der Waals surface area contributed by atoms with Crippen molar-refractivity contribution in [3.05, 3.63) is 22.7 Å². The standard InChI is InChI=1S/C15H17ClN2O6/c1-22-13-7-12(11(16)6-10(13)8-19)17-14(20)23-9-24-15(21)18-4-2-3-5-18/h6-8H,2-5,9H2,1H3,(H,17,20). The van der Waals surface area contributed by atoms with Gasteiger partial charge in [-0.05, 0) is 18.9 Å². The van der Waals surface area contributed by atoms with Crippen LogP contribution in [0.1, 0.15) is 23.2 Å². The van der Waals surface area contributed by atoms with Crippen LogP contribution in [-0.2, 0) is 9.47 Å². The Hall–Kier alpha value is -2.48. The highest BCUT2D eigenvalue weighted by Gasteiger charge is 2.19. The van der Waals surface area contributed by atoms with Crippen LogP contribution in [0.25, 0.3) is 0 Å². The van der Waals surface area contributed by atoms with Crippen LogP contribution in [0.15, 0.2) is 12.1 Å². The summed E-state index contributed by atoms with van der Waals surface area (Å²) in [5.41, 5.74) is 0.455. The maximum Gasteiger partial charge on any atom is 0.414 e. The van der Waals surface area contributed by atoms with Crippen molar-refractivity contribution in [3.63, 3.8) is 0 Å². The first kappa shape index (κ1) is 17.9. The van der Waals surface area contributed by atoms with Gasteiger partial charge in [0.15, 0.2) is 6.29 Å². The summed E-state index contributed by atoms with van der Waals surface area (Å²) < 4.78 is 14.6. The Morgan fingerprint density at radius 3 is 2.62 bits per heavy atom. The van der Waals surface area contributed by atoms with E-state index >= 15 is 0 Å². The van der Waals surface area contributed by atoms with E-state index in [0.717, 1.165) is 12.8 Å². The predicted molar refractivity (Wildman–Crippen MR) is 85.7 cm³/mol. The number of carbonyl (C=O) groups excluding carboxylic acids is 3. The summed E-state index contributed by atoms with van der Waals surface area (Å²) in [6, 6.07) is 2.75. The lowest BCUT2D eigenvalue weighted by Gasteiger charge is -2.15. The quantitative estimate of drug-likeness (QED) is 0.644. The molecule has 1 aromatic rings. The summed E-state index contributed by atoms with van der Waals surface area (Å²) in [6.45, 7) is 0.773. The van der Waals surface area contributed by atoms with Gasteiger partial charge in [0.25, 0.3) is 0 Å². The monoisotopic (exact) mass is 356 g/mol. The molecule has 0 unspecified atom stereocenters. The molecule has 8 nitrogen and oxygen atoms in total. The Kier molecular flexibility index (Phi) is 6.25. The second-order valence-electron chi connectivity index (χ2n) is 4.97. The van der Waals surface area contributed by atoms with Crippen molar-refractivity contribution in [2.75, 3.05) is 32.3 Å². The van der Waals surface area contributed by atoms with Crippen LogP contribution in [-0.4, -0.2) is 50.4 Å². The third-order valence-electron chi connectivity index (χ3n) is 3.42. The number of hydrogen-bond donors (Lipinski definition) is 1. The van der Waals surface area contributed by atoms with Gasteiger partial charge in [0, 0.05) is 19.2 Å². The van der Waals surface area contributed by atoms with Gasteiger partial charge in [0.1, 0.15) is 5.75 Å². The second-order valence-corrected chi connectivity index (χ2v) is 5.38. The molecule has 1 aliphatic rings. The molecule has 0 spiro atoms. The van der Waals surface area contributed by atoms with Crippen molar-refractivity contribution >= 4 is 35.8 Å². The number of amides is 2. The third kappa shape index (κ3) is 4.51. The average Bonchev–Trinajstić information content (AvgIpc) is 3.10. The number of likely N-dealkylation sites (tertiary alicyclic amines) is 1. The molecular formula is C15H17ClN2O6. The molecule has 1 aliphatic heterocycles. The van der Waals surface area contributed by atoms with Gasteiger partial charge in [0.2, 0.25) is 6.79 Å². The van der Waals surface area contributed by atoms with Crippen LogP contribution >= 0.6 is 11.6 Å². The lowest BCUT2D eigenvalue weighted by molar-refractivity contribution is 0.0156. The van der Waals surface area contributed by atoms with Gasteiger partial charge in [-0.3, -0.25) is 10.1 Å². The minimum atomic E-state index is -0.855. The van der Waals surface area contributed by atoms with Crippen molar-refractivity contribution in [3.8, 4) is 5.75 Å². The van der Waals surface area contributed by atoms with E-state index in [1.165, 1.54) is 19.2 Å². The number of ether oxygens (including phenoxy) is 3. The first-order valence-electron chi connectivity index (χ1n) is 7.23. The van der Waals surface area contributed by atoms with Gasteiger partial charge in [0.05, 0.1) is 23.4 Å². The number of halogens is 1. The van der Waals surface area contributed by atoms with Crippen molar-refractivity contribution < 1.29 is 28.6 Å². The maximum absolute atomic E-state index is 11.7. The third-order valence-corrected chi connectivity index (χ3v) is 3.73. The Balaban J connectivity index is 1.85. The molecule has 1 fully saturated rings. The van der Waals surface area contributed by atoms with E-state index in [1.54, 1.807) is 4.90 Å². The molecule has 0 radical (unpaired) electrons. The van der Waals surface area contributed by atoms with Crippen LogP contribution in [0, 0.1) is 0 Å². The highest BCUT2D eigenvalue weighted by molar-refractivity contribution is 6.34. The largest absolute Gasteiger partial charge is 0.496 e. The average molecular weight is 357 g/mol. The highest BCUT2D eigenvalue weighted by atomic mass is 35.5. The second kappa shape index (κ2) is 8.39. The molecule has 1 N–H and O–H groups in total. The van der Waals surface area contributed by atoms with Gasteiger partial charge in [-0.1, -0.05) is 11.6 Å². The summed E-state index contributed by atoms with van der Waals surface area (Å²) >= 11 is 5.98. The molecular weight excluding hydrogens is 340 g/mol. The normalized spacial score (nSPS) is 13.3. The minimum absolute atomic E-state index is 0.143. The van der Waals surface area contributed by atoms with E-state index in [4.69, 9.17) is 25.8 Å². The minimum Gasteiger partial charge on any atom is -0.496 e. The summed E-state index contributed by atoms with van der Waals surface area (Å²) in [5.74, 6) is 0.255. The molecule has 0 saturated carbocycles. The van der Waals surface area contributed by atoms with Crippen LogP contribution in [0.2, 0.25) is 5.02 Å². The number of hydrogen-bond acceptors (Lipinski definition) is 6.